The molecule has 1 aromatic heterocycles. The fraction of sp³-hybridized carbons (Fsp3) is 0.0714. The fourth-order valence-electron chi connectivity index (χ4n) is 2.06. The van der Waals surface area contributed by atoms with Crippen LogP contribution in [0.4, 0.5) is 11.4 Å². The lowest BCUT2D eigenvalue weighted by atomic mass is 10.1. The van der Waals surface area contributed by atoms with Crippen LogP contribution in [0.5, 0.6) is 0 Å². The molecule has 0 aliphatic carbocycles. The molecule has 2 heterocycles. The molecule has 2 aromatic rings. The van der Waals surface area contributed by atoms with Crippen LogP contribution in [-0.4, -0.2) is 16.8 Å². The minimum atomic E-state index is -0.420. The van der Waals surface area contributed by atoms with Gasteiger partial charge in [0, 0.05) is 5.69 Å². The van der Waals surface area contributed by atoms with Gasteiger partial charge in [0.15, 0.2) is 0 Å². The first kappa shape index (κ1) is 13.9. The van der Waals surface area contributed by atoms with Crippen LogP contribution in [0.25, 0.3) is 0 Å². The average Bonchev–Trinajstić information content (AvgIpc) is 2.78. The van der Waals surface area contributed by atoms with E-state index in [1.165, 1.54) is 0 Å². The number of anilines is 2. The van der Waals surface area contributed by atoms with E-state index in [0.717, 1.165) is 5.56 Å². The van der Waals surface area contributed by atoms with Crippen molar-refractivity contribution in [2.75, 3.05) is 10.6 Å². The van der Waals surface area contributed by atoms with Crippen LogP contribution in [0.2, 0.25) is 10.2 Å². The minimum Gasteiger partial charge on any atom is -0.325 e. The van der Waals surface area contributed by atoms with Gasteiger partial charge in [-0.1, -0.05) is 29.3 Å². The summed E-state index contributed by atoms with van der Waals surface area (Å²) in [6.07, 6.45) is 0.269. The maximum Gasteiger partial charge on any atom is 0.274 e. The van der Waals surface area contributed by atoms with Crippen molar-refractivity contribution >= 4 is 46.4 Å². The summed E-state index contributed by atoms with van der Waals surface area (Å²) in [5.41, 5.74) is 2.08. The van der Waals surface area contributed by atoms with E-state index in [-0.39, 0.29) is 23.2 Å². The Morgan fingerprint density at radius 1 is 1.29 bits per heavy atom. The number of benzene rings is 1. The van der Waals surface area contributed by atoms with E-state index in [4.69, 9.17) is 23.2 Å². The van der Waals surface area contributed by atoms with Crippen molar-refractivity contribution in [3.8, 4) is 0 Å². The Hall–Kier alpha value is -2.11. The third kappa shape index (κ3) is 2.84. The second-order valence-electron chi connectivity index (χ2n) is 4.51. The van der Waals surface area contributed by atoms with E-state index >= 15 is 0 Å². The molecule has 2 N–H and O–H groups in total. The van der Waals surface area contributed by atoms with Crippen molar-refractivity contribution < 1.29 is 9.59 Å². The molecule has 1 aliphatic heterocycles. The van der Waals surface area contributed by atoms with Gasteiger partial charge >= 0.3 is 0 Å². The molecule has 1 aromatic carbocycles. The first-order chi connectivity index (χ1) is 10.0. The summed E-state index contributed by atoms with van der Waals surface area (Å²) in [4.78, 5) is 27.4. The highest BCUT2D eigenvalue weighted by atomic mass is 35.5. The van der Waals surface area contributed by atoms with Crippen LogP contribution >= 0.6 is 23.2 Å². The quantitative estimate of drug-likeness (QED) is 0.835. The molecule has 0 radical (unpaired) electrons. The van der Waals surface area contributed by atoms with E-state index in [9.17, 15) is 9.59 Å². The van der Waals surface area contributed by atoms with Crippen LogP contribution in [0.3, 0.4) is 0 Å². The van der Waals surface area contributed by atoms with Crippen molar-refractivity contribution in [3.63, 3.8) is 0 Å². The first-order valence-electron chi connectivity index (χ1n) is 6.09. The zero-order valence-corrected chi connectivity index (χ0v) is 12.1. The van der Waals surface area contributed by atoms with Crippen molar-refractivity contribution in [1.82, 2.24) is 4.98 Å². The molecule has 0 spiro atoms. The zero-order chi connectivity index (χ0) is 15.0. The number of carbonyl (C=O) groups is 2. The van der Waals surface area contributed by atoms with Crippen molar-refractivity contribution in [3.05, 3.63) is 51.8 Å². The number of nitrogens with zero attached hydrogens (tertiary/aromatic N) is 1. The molecular formula is C14H9Cl2N3O2. The van der Waals surface area contributed by atoms with Gasteiger partial charge in [-0.2, -0.15) is 0 Å². The maximum atomic E-state index is 12.1. The van der Waals surface area contributed by atoms with Crippen LogP contribution in [0, 0.1) is 0 Å². The maximum absolute atomic E-state index is 12.1. The summed E-state index contributed by atoms with van der Waals surface area (Å²) < 4.78 is 0. The second kappa shape index (κ2) is 5.35. The highest BCUT2D eigenvalue weighted by Gasteiger charge is 2.20. The van der Waals surface area contributed by atoms with Gasteiger partial charge in [-0.05, 0) is 29.8 Å². The number of halogens is 2. The van der Waals surface area contributed by atoms with Crippen LogP contribution in [0.1, 0.15) is 16.1 Å². The number of hydrogen-bond acceptors (Lipinski definition) is 3. The molecule has 2 amide bonds. The lowest BCUT2D eigenvalue weighted by molar-refractivity contribution is -0.115. The third-order valence-electron chi connectivity index (χ3n) is 3.01. The van der Waals surface area contributed by atoms with Crippen LogP contribution in [0.15, 0.2) is 30.3 Å². The second-order valence-corrected chi connectivity index (χ2v) is 5.31. The summed E-state index contributed by atoms with van der Waals surface area (Å²) in [5, 5.41) is 5.93. The van der Waals surface area contributed by atoms with Gasteiger partial charge in [0.05, 0.1) is 17.1 Å². The van der Waals surface area contributed by atoms with Gasteiger partial charge < -0.3 is 10.6 Å². The molecule has 0 bridgehead atoms. The van der Waals surface area contributed by atoms with Gasteiger partial charge in [-0.15, -0.1) is 0 Å². The molecule has 106 valence electrons. The van der Waals surface area contributed by atoms with Gasteiger partial charge in [-0.25, -0.2) is 4.98 Å². The highest BCUT2D eigenvalue weighted by molar-refractivity contribution is 6.34. The molecule has 0 saturated heterocycles. The van der Waals surface area contributed by atoms with E-state index in [0.29, 0.717) is 16.4 Å². The molecular weight excluding hydrogens is 313 g/mol. The molecule has 0 atom stereocenters. The zero-order valence-electron chi connectivity index (χ0n) is 10.6. The monoisotopic (exact) mass is 321 g/mol. The summed E-state index contributed by atoms with van der Waals surface area (Å²) >= 11 is 11.9. The number of amides is 2. The van der Waals surface area contributed by atoms with Crippen molar-refractivity contribution in [2.24, 2.45) is 0 Å². The Bertz CT molecular complexity index is 762. The van der Waals surface area contributed by atoms with E-state index < -0.39 is 5.91 Å². The molecule has 21 heavy (non-hydrogen) atoms. The van der Waals surface area contributed by atoms with Gasteiger partial charge in [-0.3, -0.25) is 9.59 Å². The van der Waals surface area contributed by atoms with Gasteiger partial charge in [0.1, 0.15) is 10.8 Å². The Labute approximate surface area is 130 Å². The van der Waals surface area contributed by atoms with E-state index in [2.05, 4.69) is 15.6 Å². The lowest BCUT2D eigenvalue weighted by Crippen LogP contribution is -2.14. The van der Waals surface area contributed by atoms with Gasteiger partial charge in [0.2, 0.25) is 5.91 Å². The largest absolute Gasteiger partial charge is 0.325 e. The Kier molecular flexibility index (Phi) is 3.53. The molecule has 5 nitrogen and oxygen atoms in total. The Morgan fingerprint density at radius 2 is 2.10 bits per heavy atom. The Morgan fingerprint density at radius 3 is 2.86 bits per heavy atom. The normalized spacial score (nSPS) is 12.8. The summed E-state index contributed by atoms with van der Waals surface area (Å²) in [7, 11) is 0. The number of aromatic nitrogens is 1. The molecule has 7 heteroatoms. The average molecular weight is 322 g/mol. The smallest absolute Gasteiger partial charge is 0.274 e. The number of rotatable bonds is 2. The standard InChI is InChI=1S/C14H9Cl2N3O2/c15-8-6-10-7(5-13(20)18-10)4-11(8)19-14(21)9-2-1-3-12(16)17-9/h1-4,6H,5H2,(H,18,20)(H,19,21). The SMILES string of the molecule is O=C1Cc2cc(NC(=O)c3cccc(Cl)n3)c(Cl)cc2N1. The van der Waals surface area contributed by atoms with Gasteiger partial charge in [0.25, 0.3) is 5.91 Å². The van der Waals surface area contributed by atoms with E-state index in [1.54, 1.807) is 30.3 Å². The molecule has 0 saturated carbocycles. The first-order valence-corrected chi connectivity index (χ1v) is 6.85. The lowest BCUT2D eigenvalue weighted by Gasteiger charge is -2.09. The van der Waals surface area contributed by atoms with Crippen LogP contribution in [-0.2, 0) is 11.2 Å². The number of carbonyl (C=O) groups excluding carboxylic acids is 2. The number of hydrogen-bond donors (Lipinski definition) is 2. The molecule has 1 aliphatic rings. The number of fused-ring (bicyclic) bond motifs is 1. The molecule has 0 fully saturated rings. The summed E-state index contributed by atoms with van der Waals surface area (Å²) in [6, 6.07) is 8.06. The van der Waals surface area contributed by atoms with Crippen molar-refractivity contribution in [1.29, 1.82) is 0 Å². The number of nitrogens with one attached hydrogen (secondary N) is 2. The predicted molar refractivity (Wildman–Crippen MR) is 81.0 cm³/mol. The fourth-order valence-corrected chi connectivity index (χ4v) is 2.44. The predicted octanol–water partition coefficient (Wildman–Crippen LogP) is 3.14. The van der Waals surface area contributed by atoms with Crippen molar-refractivity contribution in [2.45, 2.75) is 6.42 Å². The van der Waals surface area contributed by atoms with Crippen LogP contribution < -0.4 is 10.6 Å². The topological polar surface area (TPSA) is 71.1 Å². The third-order valence-corrected chi connectivity index (χ3v) is 3.54. The number of pyridine rings is 1. The van der Waals surface area contributed by atoms with E-state index in [1.807, 2.05) is 0 Å². The minimum absolute atomic E-state index is 0.0962. The summed E-state index contributed by atoms with van der Waals surface area (Å²) in [6.45, 7) is 0. The molecule has 0 unspecified atom stereocenters. The summed E-state index contributed by atoms with van der Waals surface area (Å²) in [5.74, 6) is -0.516. The molecule has 3 rings (SSSR count). The highest BCUT2D eigenvalue weighted by Crippen LogP contribution is 2.33. The Balaban J connectivity index is 1.87.